The summed E-state index contributed by atoms with van der Waals surface area (Å²) in [4.78, 5) is 7.45. The number of H-pyrrole nitrogens is 1. The summed E-state index contributed by atoms with van der Waals surface area (Å²) in [5.41, 5.74) is 7.49. The van der Waals surface area contributed by atoms with Crippen molar-refractivity contribution in [3.8, 4) is 11.3 Å². The van der Waals surface area contributed by atoms with Crippen LogP contribution in [0, 0.1) is 0 Å². The zero-order chi connectivity index (χ0) is 11.1. The highest BCUT2D eigenvalue weighted by Gasteiger charge is 2.18. The van der Waals surface area contributed by atoms with Gasteiger partial charge in [0.2, 0.25) is 0 Å². The van der Waals surface area contributed by atoms with Crippen molar-refractivity contribution in [2.24, 2.45) is 5.73 Å². The predicted molar refractivity (Wildman–Crippen MR) is 64.1 cm³/mol. The maximum atomic E-state index is 5.94. The van der Waals surface area contributed by atoms with E-state index < -0.39 is 5.54 Å². The van der Waals surface area contributed by atoms with E-state index in [9.17, 15) is 0 Å². The van der Waals surface area contributed by atoms with Gasteiger partial charge in [0.25, 0.3) is 0 Å². The molecule has 2 heterocycles. The molecule has 0 aliphatic heterocycles. The van der Waals surface area contributed by atoms with Crippen molar-refractivity contribution in [2.45, 2.75) is 19.4 Å². The lowest BCUT2D eigenvalue weighted by Gasteiger charge is -2.14. The highest BCUT2D eigenvalue weighted by molar-refractivity contribution is 7.14. The standard InChI is InChI=1S/C10H12ClN3S/c1-10(2,12)9-13-4-7(14-9)6-3-8(11)15-5-6/h3-5H,12H2,1-2H3,(H,13,14). The van der Waals surface area contributed by atoms with Gasteiger partial charge in [-0.15, -0.1) is 11.3 Å². The molecule has 2 aromatic heterocycles. The second-order valence-electron chi connectivity index (χ2n) is 4.01. The Morgan fingerprint density at radius 3 is 2.73 bits per heavy atom. The van der Waals surface area contributed by atoms with Crippen molar-refractivity contribution in [3.63, 3.8) is 0 Å². The van der Waals surface area contributed by atoms with E-state index in [1.54, 1.807) is 6.20 Å². The number of rotatable bonds is 2. The molecule has 5 heteroatoms. The lowest BCUT2D eigenvalue weighted by atomic mass is 10.1. The number of thiophene rings is 1. The molecule has 0 bridgehead atoms. The first-order chi connectivity index (χ1) is 6.97. The number of nitrogens with two attached hydrogens (primary N) is 1. The van der Waals surface area contributed by atoms with Crippen molar-refractivity contribution in [2.75, 3.05) is 0 Å². The zero-order valence-corrected chi connectivity index (χ0v) is 10.1. The fraction of sp³-hybridized carbons (Fsp3) is 0.300. The van der Waals surface area contributed by atoms with Crippen LogP contribution in [0.1, 0.15) is 19.7 Å². The lowest BCUT2D eigenvalue weighted by molar-refractivity contribution is 0.520. The molecule has 0 aliphatic carbocycles. The van der Waals surface area contributed by atoms with Crippen LogP contribution in [-0.2, 0) is 5.54 Å². The minimum atomic E-state index is -0.446. The molecule has 0 fully saturated rings. The highest BCUT2D eigenvalue weighted by atomic mass is 35.5. The van der Waals surface area contributed by atoms with Crippen molar-refractivity contribution >= 4 is 22.9 Å². The first kappa shape index (κ1) is 10.7. The van der Waals surface area contributed by atoms with Crippen LogP contribution < -0.4 is 5.73 Å². The Bertz CT molecular complexity index is 467. The van der Waals surface area contributed by atoms with E-state index in [2.05, 4.69) is 9.97 Å². The van der Waals surface area contributed by atoms with Crippen molar-refractivity contribution in [3.05, 3.63) is 27.8 Å². The fourth-order valence-electron chi connectivity index (χ4n) is 1.25. The number of nitrogens with zero attached hydrogens (tertiary/aromatic N) is 1. The molecule has 2 rings (SSSR count). The van der Waals surface area contributed by atoms with Gasteiger partial charge in [-0.05, 0) is 19.9 Å². The summed E-state index contributed by atoms with van der Waals surface area (Å²) < 4.78 is 0.771. The number of hydrogen-bond donors (Lipinski definition) is 2. The quantitative estimate of drug-likeness (QED) is 0.849. The Morgan fingerprint density at radius 2 is 2.27 bits per heavy atom. The third-order valence-electron chi connectivity index (χ3n) is 2.06. The van der Waals surface area contributed by atoms with Gasteiger partial charge >= 0.3 is 0 Å². The van der Waals surface area contributed by atoms with Gasteiger partial charge in [0.1, 0.15) is 5.82 Å². The summed E-state index contributed by atoms with van der Waals surface area (Å²) in [7, 11) is 0. The molecule has 0 radical (unpaired) electrons. The summed E-state index contributed by atoms with van der Waals surface area (Å²) in [5, 5.41) is 1.99. The van der Waals surface area contributed by atoms with Gasteiger partial charge in [0.15, 0.2) is 0 Å². The molecular formula is C10H12ClN3S. The molecule has 0 aliphatic rings. The lowest BCUT2D eigenvalue weighted by Crippen LogP contribution is -2.30. The molecule has 3 N–H and O–H groups in total. The summed E-state index contributed by atoms with van der Waals surface area (Å²) >= 11 is 7.37. The van der Waals surface area contributed by atoms with Gasteiger partial charge in [-0.3, -0.25) is 0 Å². The smallest absolute Gasteiger partial charge is 0.126 e. The molecule has 0 unspecified atom stereocenters. The van der Waals surface area contributed by atoms with E-state index in [1.807, 2.05) is 25.3 Å². The topological polar surface area (TPSA) is 54.7 Å². The normalized spacial score (nSPS) is 12.0. The highest BCUT2D eigenvalue weighted by Crippen LogP contribution is 2.28. The largest absolute Gasteiger partial charge is 0.340 e. The van der Waals surface area contributed by atoms with Gasteiger partial charge < -0.3 is 10.7 Å². The second kappa shape index (κ2) is 3.63. The minimum Gasteiger partial charge on any atom is -0.340 e. The van der Waals surface area contributed by atoms with E-state index in [1.165, 1.54) is 11.3 Å². The van der Waals surface area contributed by atoms with Crippen molar-refractivity contribution in [1.82, 2.24) is 9.97 Å². The zero-order valence-electron chi connectivity index (χ0n) is 8.54. The van der Waals surface area contributed by atoms with Crippen LogP contribution in [0.2, 0.25) is 4.34 Å². The Morgan fingerprint density at radius 1 is 1.53 bits per heavy atom. The molecule has 0 amide bonds. The van der Waals surface area contributed by atoms with Crippen molar-refractivity contribution < 1.29 is 0 Å². The summed E-state index contributed by atoms with van der Waals surface area (Å²) in [5.74, 6) is 0.778. The fourth-order valence-corrected chi connectivity index (χ4v) is 2.13. The molecule has 3 nitrogen and oxygen atoms in total. The van der Waals surface area contributed by atoms with Gasteiger partial charge in [-0.2, -0.15) is 0 Å². The summed E-state index contributed by atoms with van der Waals surface area (Å²) in [6, 6.07) is 1.91. The van der Waals surface area contributed by atoms with E-state index in [0.717, 1.165) is 21.4 Å². The first-order valence-corrected chi connectivity index (χ1v) is 5.81. The number of hydrogen-bond acceptors (Lipinski definition) is 3. The number of halogens is 1. The molecule has 15 heavy (non-hydrogen) atoms. The van der Waals surface area contributed by atoms with Gasteiger partial charge in [-0.1, -0.05) is 11.6 Å². The van der Waals surface area contributed by atoms with Gasteiger partial charge in [-0.25, -0.2) is 4.98 Å². The SMILES string of the molecule is CC(C)(N)c1ncc(-c2csc(Cl)c2)[nH]1. The van der Waals surface area contributed by atoms with Crippen LogP contribution in [0.5, 0.6) is 0 Å². The maximum absolute atomic E-state index is 5.94. The number of aromatic amines is 1. The molecule has 80 valence electrons. The van der Waals surface area contributed by atoms with Crippen LogP contribution >= 0.6 is 22.9 Å². The molecular weight excluding hydrogens is 230 g/mol. The van der Waals surface area contributed by atoms with Gasteiger partial charge in [0, 0.05) is 10.9 Å². The average Bonchev–Trinajstić information content (AvgIpc) is 2.69. The Kier molecular flexibility index (Phi) is 2.58. The molecule has 0 spiro atoms. The van der Waals surface area contributed by atoms with Gasteiger partial charge in [0.05, 0.1) is 21.8 Å². The molecule has 2 aromatic rings. The number of nitrogens with one attached hydrogen (secondary N) is 1. The predicted octanol–water partition coefficient (Wildman–Crippen LogP) is 2.99. The van der Waals surface area contributed by atoms with Crippen molar-refractivity contribution in [1.29, 1.82) is 0 Å². The van der Waals surface area contributed by atoms with Crippen LogP contribution in [0.4, 0.5) is 0 Å². The Balaban J connectivity index is 2.36. The molecule has 0 atom stereocenters. The molecule has 0 aromatic carbocycles. The number of aromatic nitrogens is 2. The van der Waals surface area contributed by atoms with E-state index >= 15 is 0 Å². The minimum absolute atomic E-state index is 0.446. The Hall–Kier alpha value is -0.840. The van der Waals surface area contributed by atoms with E-state index in [0.29, 0.717) is 0 Å². The van der Waals surface area contributed by atoms with Crippen LogP contribution in [-0.4, -0.2) is 9.97 Å². The van der Waals surface area contributed by atoms with Crippen LogP contribution in [0.15, 0.2) is 17.6 Å². The van der Waals surface area contributed by atoms with Crippen LogP contribution in [0.3, 0.4) is 0 Å². The molecule has 0 saturated carbocycles. The van der Waals surface area contributed by atoms with Crippen LogP contribution in [0.25, 0.3) is 11.3 Å². The first-order valence-electron chi connectivity index (χ1n) is 4.55. The van der Waals surface area contributed by atoms with E-state index in [-0.39, 0.29) is 0 Å². The maximum Gasteiger partial charge on any atom is 0.126 e. The third-order valence-corrected chi connectivity index (χ3v) is 3.16. The monoisotopic (exact) mass is 241 g/mol. The molecule has 0 saturated heterocycles. The Labute approximate surface area is 97.3 Å². The third kappa shape index (κ3) is 2.22. The summed E-state index contributed by atoms with van der Waals surface area (Å²) in [6.07, 6.45) is 1.78. The summed E-state index contributed by atoms with van der Waals surface area (Å²) in [6.45, 7) is 3.83. The van der Waals surface area contributed by atoms with E-state index in [4.69, 9.17) is 17.3 Å². The second-order valence-corrected chi connectivity index (χ2v) is 5.55. The number of imidazole rings is 1. The average molecular weight is 242 g/mol.